The van der Waals surface area contributed by atoms with Crippen molar-refractivity contribution >= 4 is 11.6 Å². The second-order valence-electron chi connectivity index (χ2n) is 6.05. The van der Waals surface area contributed by atoms with Crippen LogP contribution in [0, 0.1) is 12.3 Å². The van der Waals surface area contributed by atoms with E-state index in [9.17, 15) is 9.18 Å². The number of para-hydroxylation sites is 1. The Morgan fingerprint density at radius 2 is 1.92 bits per heavy atom. The predicted molar refractivity (Wildman–Crippen MR) is 96.9 cm³/mol. The van der Waals surface area contributed by atoms with Gasteiger partial charge < -0.3 is 10.3 Å². The number of hydrogen-bond donors (Lipinski definition) is 2. The van der Waals surface area contributed by atoms with Gasteiger partial charge in [-0.2, -0.15) is 0 Å². The van der Waals surface area contributed by atoms with Crippen molar-refractivity contribution in [2.75, 3.05) is 12.4 Å². The van der Waals surface area contributed by atoms with Crippen molar-refractivity contribution in [1.29, 1.82) is 0 Å². The summed E-state index contributed by atoms with van der Waals surface area (Å²) in [6, 6.07) is 14.8. The number of nitrogens with zero attached hydrogens (tertiary/aromatic N) is 1. The molecule has 1 unspecified atom stereocenters. The molecule has 0 aliphatic carbocycles. The minimum Gasteiger partial charge on any atom is -0.323 e. The summed E-state index contributed by atoms with van der Waals surface area (Å²) in [7, 11) is 1.64. The van der Waals surface area contributed by atoms with E-state index in [1.54, 1.807) is 13.1 Å². The maximum Gasteiger partial charge on any atom is 0.253 e. The minimum absolute atomic E-state index is 0.474. The lowest BCUT2D eigenvalue weighted by Crippen LogP contribution is -2.53. The Labute approximate surface area is 146 Å². The molecular weight excluding hydrogens is 317 g/mol. The van der Waals surface area contributed by atoms with E-state index in [0.717, 1.165) is 16.7 Å². The molecule has 0 fully saturated rings. The Hall–Kier alpha value is -3.10. The van der Waals surface area contributed by atoms with Crippen LogP contribution in [0.2, 0.25) is 0 Å². The van der Waals surface area contributed by atoms with Crippen LogP contribution in [-0.4, -0.2) is 23.5 Å². The van der Waals surface area contributed by atoms with Gasteiger partial charge in [0.1, 0.15) is 5.83 Å². The van der Waals surface area contributed by atoms with Crippen LogP contribution in [0.15, 0.2) is 60.6 Å². The van der Waals surface area contributed by atoms with E-state index in [1.807, 2.05) is 42.5 Å². The molecule has 0 saturated carbocycles. The number of amides is 1. The van der Waals surface area contributed by atoms with Crippen LogP contribution in [0.3, 0.4) is 0 Å². The molecule has 5 heteroatoms. The van der Waals surface area contributed by atoms with E-state index < -0.39 is 17.3 Å². The second-order valence-corrected chi connectivity index (χ2v) is 6.05. The van der Waals surface area contributed by atoms with E-state index in [0.29, 0.717) is 5.69 Å². The van der Waals surface area contributed by atoms with Gasteiger partial charge in [0.05, 0.1) is 0 Å². The fourth-order valence-electron chi connectivity index (χ4n) is 2.73. The molecule has 0 saturated heterocycles. The number of carbonyl (C=O) groups is 1. The van der Waals surface area contributed by atoms with Gasteiger partial charge in [0, 0.05) is 30.1 Å². The first-order valence-electron chi connectivity index (χ1n) is 7.80. The van der Waals surface area contributed by atoms with E-state index in [2.05, 4.69) is 16.7 Å². The van der Waals surface area contributed by atoms with E-state index in [4.69, 9.17) is 6.42 Å². The molecule has 4 nitrogen and oxygen atoms in total. The highest BCUT2D eigenvalue weighted by molar-refractivity contribution is 6.02. The molecule has 0 spiro atoms. The number of rotatable bonds is 3. The van der Waals surface area contributed by atoms with Crippen molar-refractivity contribution in [2.45, 2.75) is 12.5 Å². The number of nitrogens with one attached hydrogen (secondary N) is 2. The Kier molecular flexibility index (Phi) is 4.30. The number of halogens is 1. The number of terminal acetylenes is 1. The van der Waals surface area contributed by atoms with Crippen molar-refractivity contribution in [3.05, 3.63) is 66.1 Å². The summed E-state index contributed by atoms with van der Waals surface area (Å²) < 4.78 is 14.2. The lowest BCUT2D eigenvalue weighted by atomic mass is 9.99. The van der Waals surface area contributed by atoms with Crippen molar-refractivity contribution in [3.63, 3.8) is 0 Å². The van der Waals surface area contributed by atoms with Crippen molar-refractivity contribution in [2.24, 2.45) is 0 Å². The molecule has 25 heavy (non-hydrogen) atoms. The highest BCUT2D eigenvalue weighted by Gasteiger charge is 2.43. The molecular formula is C20H18FN3O. The summed E-state index contributed by atoms with van der Waals surface area (Å²) in [5.74, 6) is 1.56. The van der Waals surface area contributed by atoms with Gasteiger partial charge in [-0.1, -0.05) is 36.3 Å². The maximum absolute atomic E-state index is 14.2. The van der Waals surface area contributed by atoms with Crippen LogP contribution in [0.25, 0.3) is 11.1 Å². The molecule has 0 radical (unpaired) electrons. The zero-order chi connectivity index (χ0) is 18.0. The van der Waals surface area contributed by atoms with E-state index in [-0.39, 0.29) is 0 Å². The van der Waals surface area contributed by atoms with Crippen molar-refractivity contribution in [1.82, 2.24) is 10.4 Å². The van der Waals surface area contributed by atoms with Crippen LogP contribution in [0.1, 0.15) is 12.5 Å². The normalized spacial score (nSPS) is 19.3. The molecule has 3 rings (SSSR count). The Balaban J connectivity index is 1.90. The van der Waals surface area contributed by atoms with Crippen LogP contribution < -0.4 is 10.7 Å². The van der Waals surface area contributed by atoms with Gasteiger partial charge in [0.15, 0.2) is 5.54 Å². The molecule has 0 aromatic heterocycles. The molecule has 2 aromatic rings. The zero-order valence-corrected chi connectivity index (χ0v) is 14.0. The molecule has 2 N–H and O–H groups in total. The van der Waals surface area contributed by atoms with Crippen LogP contribution in [0.4, 0.5) is 10.1 Å². The third-order valence-corrected chi connectivity index (χ3v) is 4.18. The highest BCUT2D eigenvalue weighted by atomic mass is 19.1. The van der Waals surface area contributed by atoms with Crippen molar-refractivity contribution in [3.8, 4) is 23.5 Å². The molecule has 1 amide bonds. The van der Waals surface area contributed by atoms with Crippen LogP contribution in [-0.2, 0) is 4.79 Å². The van der Waals surface area contributed by atoms with E-state index >= 15 is 0 Å². The Bertz CT molecular complexity index is 883. The third-order valence-electron chi connectivity index (χ3n) is 4.18. The van der Waals surface area contributed by atoms with Crippen molar-refractivity contribution < 1.29 is 9.18 Å². The quantitative estimate of drug-likeness (QED) is 0.846. The summed E-state index contributed by atoms with van der Waals surface area (Å²) in [4.78, 5) is 12.7. The molecule has 0 bridgehead atoms. The Morgan fingerprint density at radius 1 is 1.24 bits per heavy atom. The van der Waals surface area contributed by atoms with Gasteiger partial charge >= 0.3 is 0 Å². The van der Waals surface area contributed by atoms with Gasteiger partial charge in [-0.3, -0.25) is 4.79 Å². The second kappa shape index (κ2) is 6.42. The number of anilines is 1. The summed E-state index contributed by atoms with van der Waals surface area (Å²) in [5, 5.41) is 4.25. The summed E-state index contributed by atoms with van der Waals surface area (Å²) in [6.45, 7) is 1.50. The smallest absolute Gasteiger partial charge is 0.253 e. The number of benzene rings is 2. The first kappa shape index (κ1) is 16.7. The maximum atomic E-state index is 14.2. The monoisotopic (exact) mass is 335 g/mol. The lowest BCUT2D eigenvalue weighted by molar-refractivity contribution is -0.121. The van der Waals surface area contributed by atoms with Gasteiger partial charge in [-0.25, -0.2) is 9.82 Å². The lowest BCUT2D eigenvalue weighted by Gasteiger charge is -2.25. The SMILES string of the molecule is C#Cc1ccc(-c2ccccc2NC(=O)C2(C)NN(C)C=C2F)cc1. The molecule has 1 atom stereocenters. The molecule has 1 aliphatic heterocycles. The summed E-state index contributed by atoms with van der Waals surface area (Å²) in [6.07, 6.45) is 6.64. The van der Waals surface area contributed by atoms with Crippen LogP contribution in [0.5, 0.6) is 0 Å². The largest absolute Gasteiger partial charge is 0.323 e. The van der Waals surface area contributed by atoms with Gasteiger partial charge in [-0.05, 0) is 30.7 Å². The third kappa shape index (κ3) is 3.12. The first-order valence-corrected chi connectivity index (χ1v) is 7.80. The number of carbonyl (C=O) groups excluding carboxylic acids is 1. The molecule has 1 aliphatic rings. The number of hydrogen-bond acceptors (Lipinski definition) is 3. The summed E-state index contributed by atoms with van der Waals surface area (Å²) >= 11 is 0. The average Bonchev–Trinajstić information content (AvgIpc) is 2.88. The molecule has 2 aromatic carbocycles. The standard InChI is InChI=1S/C20H18FN3O/c1-4-14-9-11-15(12-10-14)16-7-5-6-8-17(16)22-19(25)20(2)18(21)13-24(3)23-20/h1,5-13,23H,2-3H3,(H,22,25). The average molecular weight is 335 g/mol. The van der Waals surface area contributed by atoms with E-state index in [1.165, 1.54) is 18.1 Å². The predicted octanol–water partition coefficient (Wildman–Crippen LogP) is 3.29. The summed E-state index contributed by atoms with van der Waals surface area (Å²) in [5.41, 5.74) is 4.50. The van der Waals surface area contributed by atoms with Gasteiger partial charge in [-0.15, -0.1) is 6.42 Å². The van der Waals surface area contributed by atoms with Gasteiger partial charge in [0.2, 0.25) is 0 Å². The highest BCUT2D eigenvalue weighted by Crippen LogP contribution is 2.31. The molecule has 1 heterocycles. The fraction of sp³-hybridized carbons (Fsp3) is 0.150. The van der Waals surface area contributed by atoms with Crippen LogP contribution >= 0.6 is 0 Å². The topological polar surface area (TPSA) is 44.4 Å². The first-order chi connectivity index (χ1) is 11.9. The fourth-order valence-corrected chi connectivity index (χ4v) is 2.73. The minimum atomic E-state index is -1.44. The molecule has 126 valence electrons. The zero-order valence-electron chi connectivity index (χ0n) is 14.0. The van der Waals surface area contributed by atoms with Gasteiger partial charge in [0.25, 0.3) is 5.91 Å². The number of hydrazine groups is 1. The Morgan fingerprint density at radius 3 is 2.52 bits per heavy atom.